The fourth-order valence-corrected chi connectivity index (χ4v) is 3.24. The zero-order chi connectivity index (χ0) is 19.3. The Morgan fingerprint density at radius 3 is 2.73 bits per heavy atom. The minimum absolute atomic E-state index is 0.0149. The van der Waals surface area contributed by atoms with Gasteiger partial charge >= 0.3 is 6.18 Å². The van der Waals surface area contributed by atoms with Crippen molar-refractivity contribution in [2.45, 2.75) is 50.1 Å². The fourth-order valence-electron chi connectivity index (χ4n) is 2.30. The number of nitrogens with zero attached hydrogens (tertiary/aromatic N) is 2. The first-order chi connectivity index (χ1) is 12.2. The van der Waals surface area contributed by atoms with Crippen molar-refractivity contribution in [3.63, 3.8) is 0 Å². The lowest BCUT2D eigenvalue weighted by atomic mass is 10.1. The van der Waals surface area contributed by atoms with Crippen molar-refractivity contribution in [1.29, 1.82) is 0 Å². The minimum Gasteiger partial charge on any atom is -0.390 e. The maximum Gasteiger partial charge on any atom is 0.416 e. The van der Waals surface area contributed by atoms with E-state index in [-0.39, 0.29) is 30.9 Å². The van der Waals surface area contributed by atoms with Crippen molar-refractivity contribution in [3.8, 4) is 0 Å². The molecule has 2 N–H and O–H groups in total. The fraction of sp³-hybridized carbons (Fsp3) is 0.412. The molecule has 1 heterocycles. The maximum absolute atomic E-state index is 12.8. The monoisotopic (exact) mass is 387 g/mol. The summed E-state index contributed by atoms with van der Waals surface area (Å²) >= 11 is 1.21. The lowest BCUT2D eigenvalue weighted by molar-refractivity contribution is -0.137. The molecular formula is C17H20F3N3O2S. The van der Waals surface area contributed by atoms with E-state index in [9.17, 15) is 23.1 Å². The summed E-state index contributed by atoms with van der Waals surface area (Å²) < 4.78 is 40.0. The number of aliphatic hydroxyl groups excluding tert-OH is 1. The molecule has 1 aromatic carbocycles. The van der Waals surface area contributed by atoms with Gasteiger partial charge in [0.25, 0.3) is 0 Å². The third-order valence-corrected chi connectivity index (χ3v) is 4.50. The van der Waals surface area contributed by atoms with Gasteiger partial charge in [-0.1, -0.05) is 30.0 Å². The van der Waals surface area contributed by atoms with Gasteiger partial charge in [0, 0.05) is 11.8 Å². The number of benzene rings is 1. The zero-order valence-electron chi connectivity index (χ0n) is 14.4. The summed E-state index contributed by atoms with van der Waals surface area (Å²) in [6.45, 7) is 3.37. The van der Waals surface area contributed by atoms with E-state index in [1.54, 1.807) is 10.6 Å². The number of amides is 1. The van der Waals surface area contributed by atoms with Crippen LogP contribution in [0.15, 0.2) is 35.6 Å². The number of aromatic nitrogens is 2. The number of thioether (sulfide) groups is 1. The van der Waals surface area contributed by atoms with Crippen LogP contribution in [0.25, 0.3) is 0 Å². The molecule has 0 saturated carbocycles. The van der Waals surface area contributed by atoms with Gasteiger partial charge in [-0.15, -0.1) is 0 Å². The van der Waals surface area contributed by atoms with E-state index < -0.39 is 11.7 Å². The summed E-state index contributed by atoms with van der Waals surface area (Å²) in [4.78, 5) is 16.2. The van der Waals surface area contributed by atoms with Gasteiger partial charge in [-0.3, -0.25) is 4.79 Å². The van der Waals surface area contributed by atoms with Gasteiger partial charge in [0.1, 0.15) is 6.54 Å². The third-order valence-electron chi connectivity index (χ3n) is 3.44. The van der Waals surface area contributed by atoms with Crippen LogP contribution in [0.3, 0.4) is 0 Å². The smallest absolute Gasteiger partial charge is 0.390 e. The van der Waals surface area contributed by atoms with E-state index >= 15 is 0 Å². The SMILES string of the molecule is CC(C)NC(=O)Cn1c(CO)cnc1SCc1cccc(C(F)(F)F)c1. The number of carbonyl (C=O) groups excluding carboxylic acids is 1. The van der Waals surface area contributed by atoms with Crippen LogP contribution < -0.4 is 5.32 Å². The Bertz CT molecular complexity index is 760. The Morgan fingerprint density at radius 2 is 2.12 bits per heavy atom. The molecule has 0 radical (unpaired) electrons. The molecule has 0 aliphatic carbocycles. The number of alkyl halides is 3. The number of hydrogen-bond acceptors (Lipinski definition) is 4. The van der Waals surface area contributed by atoms with E-state index in [1.165, 1.54) is 24.0 Å². The van der Waals surface area contributed by atoms with E-state index in [0.29, 0.717) is 16.4 Å². The van der Waals surface area contributed by atoms with E-state index in [1.807, 2.05) is 13.8 Å². The van der Waals surface area contributed by atoms with Crippen LogP contribution >= 0.6 is 11.8 Å². The highest BCUT2D eigenvalue weighted by atomic mass is 32.2. The Kier molecular flexibility index (Phi) is 6.71. The summed E-state index contributed by atoms with van der Waals surface area (Å²) in [7, 11) is 0. The molecule has 0 spiro atoms. The van der Waals surface area contributed by atoms with Gasteiger partial charge < -0.3 is 15.0 Å². The Labute approximate surface area is 153 Å². The largest absolute Gasteiger partial charge is 0.416 e. The Morgan fingerprint density at radius 1 is 1.38 bits per heavy atom. The number of nitrogens with one attached hydrogen (secondary N) is 1. The van der Waals surface area contributed by atoms with Gasteiger partial charge in [0.15, 0.2) is 5.16 Å². The van der Waals surface area contributed by atoms with Crippen LogP contribution in [0, 0.1) is 0 Å². The van der Waals surface area contributed by atoms with Crippen molar-refractivity contribution in [1.82, 2.24) is 14.9 Å². The van der Waals surface area contributed by atoms with Gasteiger partial charge in [0.2, 0.25) is 5.91 Å². The van der Waals surface area contributed by atoms with Crippen molar-refractivity contribution in [2.75, 3.05) is 0 Å². The second-order valence-electron chi connectivity index (χ2n) is 5.99. The molecule has 2 aromatic rings. The molecule has 0 saturated heterocycles. The molecule has 0 aliphatic rings. The molecule has 0 bridgehead atoms. The molecular weight excluding hydrogens is 367 g/mol. The number of hydrogen-bond donors (Lipinski definition) is 2. The molecule has 0 unspecified atom stereocenters. The van der Waals surface area contributed by atoms with Gasteiger partial charge in [-0.25, -0.2) is 4.98 Å². The van der Waals surface area contributed by atoms with Crippen LogP contribution in [-0.2, 0) is 29.9 Å². The minimum atomic E-state index is -4.39. The van der Waals surface area contributed by atoms with Crippen molar-refractivity contribution >= 4 is 17.7 Å². The Hall–Kier alpha value is -2.00. The summed E-state index contributed by atoms with van der Waals surface area (Å²) in [5.41, 5.74) is 0.262. The average Bonchev–Trinajstić information content (AvgIpc) is 2.93. The summed E-state index contributed by atoms with van der Waals surface area (Å²) in [6.07, 6.45) is -2.94. The number of carbonyl (C=O) groups is 1. The van der Waals surface area contributed by atoms with Crippen LogP contribution in [0.2, 0.25) is 0 Å². The van der Waals surface area contributed by atoms with Crippen molar-refractivity contribution in [3.05, 3.63) is 47.3 Å². The van der Waals surface area contributed by atoms with Gasteiger partial charge in [-0.2, -0.15) is 13.2 Å². The lowest BCUT2D eigenvalue weighted by Gasteiger charge is -2.13. The summed E-state index contributed by atoms with van der Waals surface area (Å²) in [5, 5.41) is 12.6. The number of aliphatic hydroxyl groups is 1. The summed E-state index contributed by atoms with van der Waals surface area (Å²) in [6, 6.07) is 5.06. The first-order valence-corrected chi connectivity index (χ1v) is 8.93. The quantitative estimate of drug-likeness (QED) is 0.716. The molecule has 2 rings (SSSR count). The molecule has 142 valence electrons. The van der Waals surface area contributed by atoms with Crippen molar-refractivity contribution in [2.24, 2.45) is 0 Å². The predicted octanol–water partition coefficient (Wildman–Crippen LogP) is 3.21. The zero-order valence-corrected chi connectivity index (χ0v) is 15.2. The molecule has 0 aliphatic heterocycles. The molecule has 0 fully saturated rings. The number of imidazole rings is 1. The highest BCUT2D eigenvalue weighted by molar-refractivity contribution is 7.98. The second kappa shape index (κ2) is 8.59. The molecule has 1 amide bonds. The van der Waals surface area contributed by atoms with E-state index in [2.05, 4.69) is 10.3 Å². The molecule has 0 atom stereocenters. The van der Waals surface area contributed by atoms with E-state index in [4.69, 9.17) is 0 Å². The van der Waals surface area contributed by atoms with Gasteiger partial charge in [-0.05, 0) is 25.5 Å². The van der Waals surface area contributed by atoms with Crippen LogP contribution in [0.5, 0.6) is 0 Å². The molecule has 5 nitrogen and oxygen atoms in total. The van der Waals surface area contributed by atoms with Crippen LogP contribution in [-0.4, -0.2) is 26.6 Å². The van der Waals surface area contributed by atoms with E-state index in [0.717, 1.165) is 12.1 Å². The number of rotatable bonds is 7. The Balaban J connectivity index is 2.13. The van der Waals surface area contributed by atoms with Crippen LogP contribution in [0.4, 0.5) is 13.2 Å². The number of halogens is 3. The third kappa shape index (κ3) is 5.50. The molecule has 9 heteroatoms. The normalized spacial score (nSPS) is 11.8. The topological polar surface area (TPSA) is 67.2 Å². The second-order valence-corrected chi connectivity index (χ2v) is 6.93. The molecule has 1 aromatic heterocycles. The predicted molar refractivity (Wildman–Crippen MR) is 92.4 cm³/mol. The highest BCUT2D eigenvalue weighted by Crippen LogP contribution is 2.31. The maximum atomic E-state index is 12.8. The average molecular weight is 387 g/mol. The first-order valence-electron chi connectivity index (χ1n) is 7.94. The highest BCUT2D eigenvalue weighted by Gasteiger charge is 2.30. The molecule has 26 heavy (non-hydrogen) atoms. The first kappa shape index (κ1) is 20.3. The van der Waals surface area contributed by atoms with Crippen LogP contribution in [0.1, 0.15) is 30.7 Å². The van der Waals surface area contributed by atoms with Gasteiger partial charge in [0.05, 0.1) is 24.1 Å². The standard InChI is InChI=1S/C17H20F3N3O2S/c1-11(2)22-15(25)8-23-14(9-24)7-21-16(23)26-10-12-4-3-5-13(6-12)17(18,19)20/h3-7,11,24H,8-10H2,1-2H3,(H,22,25). The van der Waals surface area contributed by atoms with Crippen molar-refractivity contribution < 1.29 is 23.1 Å². The lowest BCUT2D eigenvalue weighted by Crippen LogP contribution is -2.33. The summed E-state index contributed by atoms with van der Waals surface area (Å²) in [5.74, 6) is 0.0334.